The third-order valence-corrected chi connectivity index (χ3v) is 6.38. The first kappa shape index (κ1) is 18.9. The zero-order valence-corrected chi connectivity index (χ0v) is 16.8. The predicted molar refractivity (Wildman–Crippen MR) is 109 cm³/mol. The molecule has 7 heteroatoms. The molecule has 3 heterocycles. The molecule has 2 saturated heterocycles. The van der Waals surface area contributed by atoms with E-state index < -0.39 is 0 Å². The van der Waals surface area contributed by atoms with Crippen LogP contribution >= 0.6 is 22.9 Å². The van der Waals surface area contributed by atoms with Gasteiger partial charge in [-0.15, -0.1) is 11.3 Å². The largest absolute Gasteiger partial charge is 0.381 e. The molecule has 2 aliphatic rings. The SMILES string of the molecule is O=C(Nc1nc(-c2ccc(Cl)cc2)cs1)[C@@H]1CCCN1CC1CCOCC1. The summed E-state index contributed by atoms with van der Waals surface area (Å²) in [6.45, 7) is 3.70. The topological polar surface area (TPSA) is 54.5 Å². The van der Waals surface area contributed by atoms with Gasteiger partial charge >= 0.3 is 0 Å². The molecule has 1 amide bonds. The second kappa shape index (κ2) is 8.69. The maximum Gasteiger partial charge on any atom is 0.243 e. The molecule has 27 heavy (non-hydrogen) atoms. The van der Waals surface area contributed by atoms with Crippen molar-refractivity contribution >= 4 is 34.0 Å². The summed E-state index contributed by atoms with van der Waals surface area (Å²) in [5.74, 6) is 0.708. The minimum absolute atomic E-state index is 0.0456. The number of aromatic nitrogens is 1. The Hall–Kier alpha value is -1.47. The number of likely N-dealkylation sites (tertiary alicyclic amines) is 1. The Morgan fingerprint density at radius 3 is 2.81 bits per heavy atom. The summed E-state index contributed by atoms with van der Waals surface area (Å²) >= 11 is 7.40. The molecule has 144 valence electrons. The lowest BCUT2D eigenvalue weighted by atomic mass is 9.99. The molecule has 0 spiro atoms. The number of ether oxygens (including phenoxy) is 1. The number of amides is 1. The average molecular weight is 406 g/mol. The summed E-state index contributed by atoms with van der Waals surface area (Å²) in [6, 6.07) is 7.53. The molecule has 5 nitrogen and oxygen atoms in total. The van der Waals surface area contributed by atoms with Crippen molar-refractivity contribution in [2.75, 3.05) is 31.6 Å². The summed E-state index contributed by atoms with van der Waals surface area (Å²) in [5.41, 5.74) is 1.86. The highest BCUT2D eigenvalue weighted by molar-refractivity contribution is 7.14. The number of nitrogens with zero attached hydrogens (tertiary/aromatic N) is 2. The van der Waals surface area contributed by atoms with Gasteiger partial charge in [-0.1, -0.05) is 23.7 Å². The Morgan fingerprint density at radius 2 is 2.04 bits per heavy atom. The van der Waals surface area contributed by atoms with Crippen LogP contribution in [-0.4, -0.2) is 48.1 Å². The van der Waals surface area contributed by atoms with E-state index in [0.717, 1.165) is 63.2 Å². The lowest BCUT2D eigenvalue weighted by Gasteiger charge is -2.30. The Kier molecular flexibility index (Phi) is 6.08. The van der Waals surface area contributed by atoms with Crippen molar-refractivity contribution in [1.29, 1.82) is 0 Å². The summed E-state index contributed by atoms with van der Waals surface area (Å²) in [7, 11) is 0. The van der Waals surface area contributed by atoms with Gasteiger partial charge in [0.05, 0.1) is 11.7 Å². The van der Waals surface area contributed by atoms with Crippen molar-refractivity contribution < 1.29 is 9.53 Å². The van der Waals surface area contributed by atoms with Crippen molar-refractivity contribution in [2.24, 2.45) is 5.92 Å². The average Bonchev–Trinajstić information content (AvgIpc) is 3.33. The first-order valence-electron chi connectivity index (χ1n) is 9.53. The van der Waals surface area contributed by atoms with Crippen molar-refractivity contribution in [3.05, 3.63) is 34.7 Å². The first-order chi connectivity index (χ1) is 13.2. The molecular weight excluding hydrogens is 382 g/mol. The number of hydrogen-bond acceptors (Lipinski definition) is 5. The molecular formula is C20H24ClN3O2S. The third kappa shape index (κ3) is 4.69. The van der Waals surface area contributed by atoms with Gasteiger partial charge in [-0.25, -0.2) is 4.98 Å². The van der Waals surface area contributed by atoms with Gasteiger partial charge in [0, 0.05) is 35.7 Å². The third-order valence-electron chi connectivity index (χ3n) is 5.37. The van der Waals surface area contributed by atoms with Gasteiger partial charge in [-0.05, 0) is 50.3 Å². The van der Waals surface area contributed by atoms with Gasteiger partial charge in [0.1, 0.15) is 0 Å². The highest BCUT2D eigenvalue weighted by Crippen LogP contribution is 2.28. The van der Waals surface area contributed by atoms with Crippen LogP contribution in [0.15, 0.2) is 29.6 Å². The monoisotopic (exact) mass is 405 g/mol. The van der Waals surface area contributed by atoms with Crippen LogP contribution in [0, 0.1) is 5.92 Å². The summed E-state index contributed by atoms with van der Waals surface area (Å²) in [5, 5.41) is 6.35. The molecule has 0 bridgehead atoms. The molecule has 1 aromatic carbocycles. The van der Waals surface area contributed by atoms with Crippen LogP contribution in [0.2, 0.25) is 5.02 Å². The highest BCUT2D eigenvalue weighted by Gasteiger charge is 2.32. The number of anilines is 1. The molecule has 1 atom stereocenters. The molecule has 0 saturated carbocycles. The minimum atomic E-state index is -0.0456. The predicted octanol–water partition coefficient (Wildman–Crippen LogP) is 4.29. The Bertz CT molecular complexity index is 774. The Morgan fingerprint density at radius 1 is 1.26 bits per heavy atom. The van der Waals surface area contributed by atoms with Crippen LogP contribution < -0.4 is 5.32 Å². The fourth-order valence-electron chi connectivity index (χ4n) is 3.88. The first-order valence-corrected chi connectivity index (χ1v) is 10.8. The van der Waals surface area contributed by atoms with Crippen LogP contribution in [0.1, 0.15) is 25.7 Å². The summed E-state index contributed by atoms with van der Waals surface area (Å²) in [6.07, 6.45) is 4.20. The molecule has 1 aromatic heterocycles. The second-order valence-electron chi connectivity index (χ2n) is 7.24. The number of thiazole rings is 1. The van der Waals surface area contributed by atoms with Gasteiger partial charge in [0.15, 0.2) is 5.13 Å². The quantitative estimate of drug-likeness (QED) is 0.806. The standard InChI is InChI=1S/C20H24ClN3O2S/c21-16-5-3-15(4-6-16)17-13-27-20(22-17)23-19(25)18-2-1-9-24(18)12-14-7-10-26-11-8-14/h3-6,13-14,18H,1-2,7-12H2,(H,22,23,25)/t18-/m0/s1. The second-order valence-corrected chi connectivity index (χ2v) is 8.54. The number of carbonyl (C=O) groups is 1. The van der Waals surface area contributed by atoms with E-state index in [1.165, 1.54) is 11.3 Å². The zero-order valence-electron chi connectivity index (χ0n) is 15.2. The van der Waals surface area contributed by atoms with Gasteiger partial charge in [0.2, 0.25) is 5.91 Å². The van der Waals surface area contributed by atoms with E-state index in [1.807, 2.05) is 29.6 Å². The number of carbonyl (C=O) groups excluding carboxylic acids is 1. The van der Waals surface area contributed by atoms with E-state index in [-0.39, 0.29) is 11.9 Å². The fourth-order valence-corrected chi connectivity index (χ4v) is 4.72. The van der Waals surface area contributed by atoms with Crippen LogP contribution in [0.4, 0.5) is 5.13 Å². The number of halogens is 1. The highest BCUT2D eigenvalue weighted by atomic mass is 35.5. The normalized spacial score (nSPS) is 21.4. The lowest BCUT2D eigenvalue weighted by Crippen LogP contribution is -2.42. The Labute approximate surface area is 168 Å². The van der Waals surface area contributed by atoms with E-state index >= 15 is 0 Å². The molecule has 2 fully saturated rings. The summed E-state index contributed by atoms with van der Waals surface area (Å²) in [4.78, 5) is 19.7. The lowest BCUT2D eigenvalue weighted by molar-refractivity contribution is -0.120. The number of hydrogen-bond donors (Lipinski definition) is 1. The van der Waals surface area contributed by atoms with Crippen molar-refractivity contribution in [3.8, 4) is 11.3 Å². The van der Waals surface area contributed by atoms with Gasteiger partial charge in [0.25, 0.3) is 0 Å². The van der Waals surface area contributed by atoms with Crippen LogP contribution in [0.3, 0.4) is 0 Å². The number of benzene rings is 1. The van der Waals surface area contributed by atoms with E-state index in [2.05, 4.69) is 15.2 Å². The molecule has 1 N–H and O–H groups in total. The summed E-state index contributed by atoms with van der Waals surface area (Å²) < 4.78 is 5.45. The Balaban J connectivity index is 1.37. The van der Waals surface area contributed by atoms with Gasteiger partial charge < -0.3 is 10.1 Å². The van der Waals surface area contributed by atoms with Gasteiger partial charge in [-0.3, -0.25) is 9.69 Å². The molecule has 2 aromatic rings. The maximum absolute atomic E-state index is 12.8. The molecule has 0 radical (unpaired) electrons. The smallest absolute Gasteiger partial charge is 0.243 e. The van der Waals surface area contributed by atoms with Crippen molar-refractivity contribution in [2.45, 2.75) is 31.7 Å². The fraction of sp³-hybridized carbons (Fsp3) is 0.500. The molecule has 4 rings (SSSR count). The molecule has 0 unspecified atom stereocenters. The zero-order chi connectivity index (χ0) is 18.6. The maximum atomic E-state index is 12.8. The van der Waals surface area contributed by atoms with Crippen LogP contribution in [0.5, 0.6) is 0 Å². The molecule has 2 aliphatic heterocycles. The van der Waals surface area contributed by atoms with Crippen LogP contribution in [-0.2, 0) is 9.53 Å². The van der Waals surface area contributed by atoms with Crippen molar-refractivity contribution in [1.82, 2.24) is 9.88 Å². The number of rotatable bonds is 5. The number of nitrogens with one attached hydrogen (secondary N) is 1. The van der Waals surface area contributed by atoms with E-state index in [9.17, 15) is 4.79 Å². The van der Waals surface area contributed by atoms with E-state index in [1.54, 1.807) is 0 Å². The minimum Gasteiger partial charge on any atom is -0.381 e. The molecule has 0 aliphatic carbocycles. The van der Waals surface area contributed by atoms with Gasteiger partial charge in [-0.2, -0.15) is 0 Å². The van der Waals surface area contributed by atoms with E-state index in [4.69, 9.17) is 16.3 Å². The van der Waals surface area contributed by atoms with E-state index in [0.29, 0.717) is 16.1 Å². The van der Waals surface area contributed by atoms with Crippen LogP contribution in [0.25, 0.3) is 11.3 Å². The van der Waals surface area contributed by atoms with Crippen molar-refractivity contribution in [3.63, 3.8) is 0 Å².